The minimum Gasteiger partial charge on any atom is -0.496 e. The van der Waals surface area contributed by atoms with Gasteiger partial charge in [0.15, 0.2) is 0 Å². The molecule has 0 radical (unpaired) electrons. The second kappa shape index (κ2) is 7.26. The quantitative estimate of drug-likeness (QED) is 0.814. The number of benzene rings is 2. The Hall–Kier alpha value is -1.82. The fourth-order valence-corrected chi connectivity index (χ4v) is 2.39. The zero-order chi connectivity index (χ0) is 15.2. The number of ether oxygens (including phenoxy) is 2. The highest BCUT2D eigenvalue weighted by molar-refractivity contribution is 9.10. The molecule has 2 aromatic carbocycles. The Morgan fingerprint density at radius 3 is 2.67 bits per heavy atom. The molecule has 1 N–H and O–H groups in total. The van der Waals surface area contributed by atoms with Gasteiger partial charge in [-0.2, -0.15) is 8.78 Å². The van der Waals surface area contributed by atoms with Crippen LogP contribution in [0, 0.1) is 0 Å². The van der Waals surface area contributed by atoms with Crippen LogP contribution in [-0.4, -0.2) is 13.7 Å². The van der Waals surface area contributed by atoms with Gasteiger partial charge in [-0.1, -0.05) is 12.1 Å². The van der Waals surface area contributed by atoms with Gasteiger partial charge in [-0.05, 0) is 45.8 Å². The van der Waals surface area contributed by atoms with Crippen LogP contribution in [0.3, 0.4) is 0 Å². The smallest absolute Gasteiger partial charge is 0.387 e. The van der Waals surface area contributed by atoms with Crippen molar-refractivity contribution < 1.29 is 18.3 Å². The zero-order valence-electron chi connectivity index (χ0n) is 11.3. The van der Waals surface area contributed by atoms with E-state index in [-0.39, 0.29) is 5.75 Å². The second-order valence-corrected chi connectivity index (χ2v) is 5.08. The van der Waals surface area contributed by atoms with Crippen molar-refractivity contribution in [3.05, 3.63) is 52.5 Å². The maximum atomic E-state index is 12.2. The van der Waals surface area contributed by atoms with Crippen molar-refractivity contribution in [3.63, 3.8) is 0 Å². The minimum atomic E-state index is -2.82. The fourth-order valence-electron chi connectivity index (χ4n) is 1.81. The minimum absolute atomic E-state index is 0.130. The molecular formula is C15H14BrF2NO2. The maximum Gasteiger partial charge on any atom is 0.387 e. The van der Waals surface area contributed by atoms with Gasteiger partial charge in [0.05, 0.1) is 11.6 Å². The van der Waals surface area contributed by atoms with Crippen LogP contribution in [0.1, 0.15) is 5.56 Å². The molecule has 3 nitrogen and oxygen atoms in total. The van der Waals surface area contributed by atoms with Crippen LogP contribution < -0.4 is 14.8 Å². The van der Waals surface area contributed by atoms with Crippen molar-refractivity contribution in [1.82, 2.24) is 0 Å². The lowest BCUT2D eigenvalue weighted by atomic mass is 10.2. The SMILES string of the molecule is COc1ccc(CNc2cccc(OC(F)F)c2)cc1Br. The first-order valence-electron chi connectivity index (χ1n) is 6.19. The average molecular weight is 358 g/mol. The predicted octanol–water partition coefficient (Wildman–Crippen LogP) is 4.67. The van der Waals surface area contributed by atoms with Crippen LogP contribution in [0.5, 0.6) is 11.5 Å². The van der Waals surface area contributed by atoms with Gasteiger partial charge in [0.25, 0.3) is 0 Å². The van der Waals surface area contributed by atoms with E-state index in [4.69, 9.17) is 4.74 Å². The van der Waals surface area contributed by atoms with Gasteiger partial charge >= 0.3 is 6.61 Å². The first-order chi connectivity index (χ1) is 10.1. The highest BCUT2D eigenvalue weighted by atomic mass is 79.9. The summed E-state index contributed by atoms with van der Waals surface area (Å²) < 4.78 is 34.7. The molecule has 0 fully saturated rings. The summed E-state index contributed by atoms with van der Waals surface area (Å²) in [6.07, 6.45) is 0. The Bertz CT molecular complexity index is 608. The number of hydrogen-bond donors (Lipinski definition) is 1. The lowest BCUT2D eigenvalue weighted by Gasteiger charge is -2.10. The molecule has 0 spiro atoms. The van der Waals surface area contributed by atoms with E-state index < -0.39 is 6.61 Å². The molecule has 0 unspecified atom stereocenters. The van der Waals surface area contributed by atoms with E-state index in [9.17, 15) is 8.78 Å². The van der Waals surface area contributed by atoms with Gasteiger partial charge in [-0.15, -0.1) is 0 Å². The number of halogens is 3. The van der Waals surface area contributed by atoms with Gasteiger partial charge in [-0.3, -0.25) is 0 Å². The molecule has 21 heavy (non-hydrogen) atoms. The number of hydrogen-bond acceptors (Lipinski definition) is 3. The molecule has 0 aliphatic rings. The summed E-state index contributed by atoms with van der Waals surface area (Å²) in [5, 5.41) is 3.15. The molecule has 112 valence electrons. The number of nitrogens with one attached hydrogen (secondary N) is 1. The van der Waals surface area contributed by atoms with Crippen molar-refractivity contribution >= 4 is 21.6 Å². The number of anilines is 1. The highest BCUT2D eigenvalue weighted by Crippen LogP contribution is 2.26. The van der Waals surface area contributed by atoms with Crippen molar-refractivity contribution in [2.24, 2.45) is 0 Å². The van der Waals surface area contributed by atoms with Gasteiger partial charge in [0, 0.05) is 18.3 Å². The first kappa shape index (κ1) is 15.6. The predicted molar refractivity (Wildman–Crippen MR) is 81.1 cm³/mol. The summed E-state index contributed by atoms with van der Waals surface area (Å²) in [6.45, 7) is -2.27. The molecule has 0 atom stereocenters. The number of rotatable bonds is 6. The topological polar surface area (TPSA) is 30.5 Å². The lowest BCUT2D eigenvalue weighted by Crippen LogP contribution is -2.03. The molecule has 0 aliphatic heterocycles. The highest BCUT2D eigenvalue weighted by Gasteiger charge is 2.05. The van der Waals surface area contributed by atoms with Crippen molar-refractivity contribution in [3.8, 4) is 11.5 Å². The Labute approximate surface area is 130 Å². The molecule has 0 heterocycles. The van der Waals surface area contributed by atoms with Crippen molar-refractivity contribution in [2.45, 2.75) is 13.2 Å². The molecule has 0 aliphatic carbocycles. The largest absolute Gasteiger partial charge is 0.496 e. The number of alkyl halides is 2. The summed E-state index contributed by atoms with van der Waals surface area (Å²) >= 11 is 3.42. The van der Waals surface area contributed by atoms with Crippen LogP contribution in [0.4, 0.5) is 14.5 Å². The van der Waals surface area contributed by atoms with Gasteiger partial charge in [-0.25, -0.2) is 0 Å². The van der Waals surface area contributed by atoms with Gasteiger partial charge in [0.2, 0.25) is 0 Å². The third-order valence-electron chi connectivity index (χ3n) is 2.77. The third kappa shape index (κ3) is 4.60. The molecule has 0 aromatic heterocycles. The molecule has 6 heteroatoms. The Morgan fingerprint density at radius 2 is 2.00 bits per heavy atom. The van der Waals surface area contributed by atoms with E-state index >= 15 is 0 Å². The van der Waals surface area contributed by atoms with Crippen molar-refractivity contribution in [1.29, 1.82) is 0 Å². The standard InChI is InChI=1S/C15H14BrF2NO2/c1-20-14-6-5-10(7-13(14)16)9-19-11-3-2-4-12(8-11)21-15(17)18/h2-8,15,19H,9H2,1H3. The van der Waals surface area contributed by atoms with E-state index in [1.165, 1.54) is 12.1 Å². The first-order valence-corrected chi connectivity index (χ1v) is 6.99. The molecule has 0 bridgehead atoms. The Morgan fingerprint density at radius 1 is 1.19 bits per heavy atom. The molecule has 2 aromatic rings. The van der Waals surface area contributed by atoms with Gasteiger partial charge in [0.1, 0.15) is 11.5 Å². The van der Waals surface area contributed by atoms with Crippen LogP contribution in [0.15, 0.2) is 46.9 Å². The van der Waals surface area contributed by atoms with E-state index in [1.54, 1.807) is 19.2 Å². The van der Waals surface area contributed by atoms with Crippen LogP contribution in [0.25, 0.3) is 0 Å². The summed E-state index contributed by atoms with van der Waals surface area (Å²) in [4.78, 5) is 0. The normalized spacial score (nSPS) is 10.5. The molecule has 0 saturated carbocycles. The third-order valence-corrected chi connectivity index (χ3v) is 3.39. The van der Waals surface area contributed by atoms with E-state index in [0.717, 1.165) is 15.8 Å². The van der Waals surface area contributed by atoms with E-state index in [2.05, 4.69) is 26.0 Å². The Balaban J connectivity index is 2.01. The van der Waals surface area contributed by atoms with Crippen molar-refractivity contribution in [2.75, 3.05) is 12.4 Å². The summed E-state index contributed by atoms with van der Waals surface area (Å²) in [6, 6.07) is 12.2. The molecule has 0 amide bonds. The summed E-state index contributed by atoms with van der Waals surface area (Å²) in [5.41, 5.74) is 1.74. The maximum absolute atomic E-state index is 12.2. The zero-order valence-corrected chi connectivity index (χ0v) is 12.9. The van der Waals surface area contributed by atoms with E-state index in [0.29, 0.717) is 12.2 Å². The van der Waals surface area contributed by atoms with Crippen LogP contribution in [0.2, 0.25) is 0 Å². The van der Waals surface area contributed by atoms with Crippen LogP contribution in [-0.2, 0) is 6.54 Å². The molecular weight excluding hydrogens is 344 g/mol. The average Bonchev–Trinajstić information content (AvgIpc) is 2.45. The number of methoxy groups -OCH3 is 1. The lowest BCUT2D eigenvalue weighted by molar-refractivity contribution is -0.0498. The Kier molecular flexibility index (Phi) is 5.38. The van der Waals surface area contributed by atoms with Gasteiger partial charge < -0.3 is 14.8 Å². The molecule has 2 rings (SSSR count). The molecule has 0 saturated heterocycles. The summed E-state index contributed by atoms with van der Waals surface area (Å²) in [7, 11) is 1.60. The fraction of sp³-hybridized carbons (Fsp3) is 0.200. The second-order valence-electron chi connectivity index (χ2n) is 4.23. The monoisotopic (exact) mass is 357 g/mol. The van der Waals surface area contributed by atoms with E-state index in [1.807, 2.05) is 18.2 Å². The van der Waals surface area contributed by atoms with Crippen LogP contribution >= 0.6 is 15.9 Å². The summed E-state index contributed by atoms with van der Waals surface area (Å²) in [5.74, 6) is 0.886.